The zero-order valence-corrected chi connectivity index (χ0v) is 10.6. The monoisotopic (exact) mass is 262 g/mol. The van der Waals surface area contributed by atoms with Crippen LogP contribution in [0.3, 0.4) is 0 Å². The van der Waals surface area contributed by atoms with Crippen LogP contribution in [0.25, 0.3) is 10.8 Å². The number of fused-ring (bicyclic) bond motifs is 1. The summed E-state index contributed by atoms with van der Waals surface area (Å²) in [5.74, 6) is -0.376. The molecule has 1 atom stereocenters. The van der Waals surface area contributed by atoms with Crippen LogP contribution in [0.4, 0.5) is 0 Å². The van der Waals surface area contributed by atoms with Crippen molar-refractivity contribution in [1.29, 1.82) is 0 Å². The Balaban J connectivity index is 2.61. The fourth-order valence-electron chi connectivity index (χ4n) is 1.97. The van der Waals surface area contributed by atoms with Gasteiger partial charge in [-0.05, 0) is 12.1 Å². The number of esters is 1. The molecular weight excluding hydrogens is 248 g/mol. The maximum absolute atomic E-state index is 11.3. The van der Waals surface area contributed by atoms with E-state index in [1.807, 2.05) is 0 Å². The first-order chi connectivity index (χ1) is 9.10. The molecule has 0 heterocycles. The molecule has 0 aliphatic rings. The molecule has 0 saturated carbocycles. The maximum atomic E-state index is 11.3. The molecule has 0 fully saturated rings. The second kappa shape index (κ2) is 5.16. The van der Waals surface area contributed by atoms with Gasteiger partial charge in [-0.25, -0.2) is 4.79 Å². The van der Waals surface area contributed by atoms with Gasteiger partial charge in [-0.3, -0.25) is 0 Å². The Labute approximate surface area is 110 Å². The summed E-state index contributed by atoms with van der Waals surface area (Å²) in [4.78, 5) is 11.3. The zero-order valence-electron chi connectivity index (χ0n) is 10.6. The smallest absolute Gasteiger partial charge is 0.339 e. The summed E-state index contributed by atoms with van der Waals surface area (Å²) in [6.07, 6.45) is -1.51. The minimum atomic E-state index is -1.51. The van der Waals surface area contributed by atoms with E-state index >= 15 is 0 Å². The molecule has 5 heteroatoms. The number of phenolic OH excluding ortho intramolecular Hbond substituents is 1. The fraction of sp³-hybridized carbons (Fsp3) is 0.214. The van der Waals surface area contributed by atoms with Gasteiger partial charge in [0.25, 0.3) is 0 Å². The van der Waals surface area contributed by atoms with E-state index in [1.54, 1.807) is 24.3 Å². The van der Waals surface area contributed by atoms with Crippen LogP contribution in [0.5, 0.6) is 11.5 Å². The van der Waals surface area contributed by atoms with Crippen molar-refractivity contribution in [3.05, 3.63) is 35.9 Å². The van der Waals surface area contributed by atoms with Gasteiger partial charge in [0.05, 0.1) is 14.2 Å². The number of hydrogen-bond donors (Lipinski definition) is 2. The van der Waals surface area contributed by atoms with Crippen LogP contribution in [0.2, 0.25) is 0 Å². The molecule has 0 saturated heterocycles. The van der Waals surface area contributed by atoms with Gasteiger partial charge in [-0.1, -0.05) is 18.2 Å². The standard InChI is InChI=1S/C14H14O5/c1-18-11-5-3-4-9-8(11)6-7-10(12(9)15)13(16)14(17)19-2/h3-7,13,15-16H,1-2H3. The van der Waals surface area contributed by atoms with Crippen molar-refractivity contribution < 1.29 is 24.5 Å². The average molecular weight is 262 g/mol. The van der Waals surface area contributed by atoms with Crippen LogP contribution in [-0.2, 0) is 9.53 Å². The molecule has 0 radical (unpaired) electrons. The van der Waals surface area contributed by atoms with Gasteiger partial charge in [0.2, 0.25) is 0 Å². The summed E-state index contributed by atoms with van der Waals surface area (Å²) in [6, 6.07) is 8.31. The third-order valence-corrected chi connectivity index (χ3v) is 2.96. The van der Waals surface area contributed by atoms with E-state index in [2.05, 4.69) is 4.74 Å². The van der Waals surface area contributed by atoms with Crippen molar-refractivity contribution in [2.75, 3.05) is 14.2 Å². The van der Waals surface area contributed by atoms with E-state index in [1.165, 1.54) is 20.3 Å². The molecule has 2 aromatic carbocycles. The Morgan fingerprint density at radius 2 is 1.89 bits per heavy atom. The summed E-state index contributed by atoms with van der Waals surface area (Å²) >= 11 is 0. The van der Waals surface area contributed by atoms with Crippen molar-refractivity contribution >= 4 is 16.7 Å². The Hall–Kier alpha value is -2.27. The highest BCUT2D eigenvalue weighted by Crippen LogP contribution is 2.36. The Morgan fingerprint density at radius 1 is 1.16 bits per heavy atom. The zero-order chi connectivity index (χ0) is 14.0. The maximum Gasteiger partial charge on any atom is 0.339 e. The Bertz CT molecular complexity index is 621. The lowest BCUT2D eigenvalue weighted by atomic mass is 10.0. The van der Waals surface area contributed by atoms with E-state index in [0.717, 1.165) is 0 Å². The quantitative estimate of drug-likeness (QED) is 0.824. The fourth-order valence-corrected chi connectivity index (χ4v) is 1.97. The molecule has 19 heavy (non-hydrogen) atoms. The van der Waals surface area contributed by atoms with E-state index in [4.69, 9.17) is 4.74 Å². The number of aliphatic hydroxyl groups excluding tert-OH is 1. The number of benzene rings is 2. The first-order valence-electron chi connectivity index (χ1n) is 5.64. The van der Waals surface area contributed by atoms with Gasteiger partial charge in [0.1, 0.15) is 11.5 Å². The molecule has 2 rings (SSSR count). The van der Waals surface area contributed by atoms with Crippen LogP contribution in [-0.4, -0.2) is 30.4 Å². The molecule has 0 bridgehead atoms. The van der Waals surface area contributed by atoms with E-state index in [9.17, 15) is 15.0 Å². The highest BCUT2D eigenvalue weighted by molar-refractivity contribution is 5.95. The summed E-state index contributed by atoms with van der Waals surface area (Å²) in [6.45, 7) is 0. The molecule has 0 spiro atoms. The summed E-state index contributed by atoms with van der Waals surface area (Å²) in [5, 5.41) is 21.1. The number of aliphatic hydroxyl groups is 1. The Kier molecular flexibility index (Phi) is 3.57. The lowest BCUT2D eigenvalue weighted by Crippen LogP contribution is -2.13. The molecule has 0 aliphatic heterocycles. The highest BCUT2D eigenvalue weighted by atomic mass is 16.5. The van der Waals surface area contributed by atoms with Crippen LogP contribution < -0.4 is 4.74 Å². The molecular formula is C14H14O5. The van der Waals surface area contributed by atoms with Gasteiger partial charge < -0.3 is 19.7 Å². The SMILES string of the molecule is COC(=O)C(O)c1ccc2c(OC)cccc2c1O. The molecule has 0 aliphatic carbocycles. The second-order valence-electron chi connectivity index (χ2n) is 3.98. The molecule has 5 nitrogen and oxygen atoms in total. The topological polar surface area (TPSA) is 76.0 Å². The molecule has 0 aromatic heterocycles. The number of carbonyl (C=O) groups excluding carboxylic acids is 1. The van der Waals surface area contributed by atoms with Crippen LogP contribution >= 0.6 is 0 Å². The lowest BCUT2D eigenvalue weighted by molar-refractivity contribution is -0.150. The van der Waals surface area contributed by atoms with Crippen molar-refractivity contribution in [2.24, 2.45) is 0 Å². The summed E-state index contributed by atoms with van der Waals surface area (Å²) < 4.78 is 9.64. The number of aromatic hydroxyl groups is 1. The largest absolute Gasteiger partial charge is 0.507 e. The first kappa shape index (κ1) is 13.2. The molecule has 2 aromatic rings. The first-order valence-corrected chi connectivity index (χ1v) is 5.64. The summed E-state index contributed by atoms with van der Waals surface area (Å²) in [5.41, 5.74) is 0.104. The minimum absolute atomic E-state index is 0.104. The number of methoxy groups -OCH3 is 2. The van der Waals surface area contributed by atoms with E-state index in [0.29, 0.717) is 16.5 Å². The predicted octanol–water partition coefficient (Wildman–Crippen LogP) is 1.76. The summed E-state index contributed by atoms with van der Waals surface area (Å²) in [7, 11) is 2.70. The minimum Gasteiger partial charge on any atom is -0.507 e. The predicted molar refractivity (Wildman–Crippen MR) is 69.1 cm³/mol. The van der Waals surface area contributed by atoms with Crippen LogP contribution in [0.1, 0.15) is 11.7 Å². The molecule has 100 valence electrons. The van der Waals surface area contributed by atoms with Crippen molar-refractivity contribution in [2.45, 2.75) is 6.10 Å². The van der Waals surface area contributed by atoms with Crippen molar-refractivity contribution in [3.63, 3.8) is 0 Å². The average Bonchev–Trinajstić information content (AvgIpc) is 2.45. The van der Waals surface area contributed by atoms with Crippen LogP contribution in [0, 0.1) is 0 Å². The Morgan fingerprint density at radius 3 is 2.53 bits per heavy atom. The van der Waals surface area contributed by atoms with Gasteiger partial charge in [-0.2, -0.15) is 0 Å². The number of phenols is 1. The normalized spacial score (nSPS) is 12.2. The van der Waals surface area contributed by atoms with Gasteiger partial charge in [-0.15, -0.1) is 0 Å². The van der Waals surface area contributed by atoms with Gasteiger partial charge >= 0.3 is 5.97 Å². The van der Waals surface area contributed by atoms with Gasteiger partial charge in [0.15, 0.2) is 6.10 Å². The highest BCUT2D eigenvalue weighted by Gasteiger charge is 2.22. The number of hydrogen-bond acceptors (Lipinski definition) is 5. The van der Waals surface area contributed by atoms with Crippen molar-refractivity contribution in [3.8, 4) is 11.5 Å². The van der Waals surface area contributed by atoms with E-state index in [-0.39, 0.29) is 11.3 Å². The molecule has 0 amide bonds. The van der Waals surface area contributed by atoms with Crippen LogP contribution in [0.15, 0.2) is 30.3 Å². The van der Waals surface area contributed by atoms with Crippen molar-refractivity contribution in [1.82, 2.24) is 0 Å². The third-order valence-electron chi connectivity index (χ3n) is 2.96. The lowest BCUT2D eigenvalue weighted by Gasteiger charge is -2.13. The molecule has 1 unspecified atom stereocenters. The molecule has 2 N–H and O–H groups in total. The number of rotatable bonds is 3. The van der Waals surface area contributed by atoms with E-state index < -0.39 is 12.1 Å². The number of carbonyl (C=O) groups is 1. The second-order valence-corrected chi connectivity index (χ2v) is 3.98. The van der Waals surface area contributed by atoms with Gasteiger partial charge in [0, 0.05) is 16.3 Å². The third kappa shape index (κ3) is 2.20. The number of ether oxygens (including phenoxy) is 2.